The molecule has 3 aromatic rings. The predicted octanol–water partition coefficient (Wildman–Crippen LogP) is 4.25. The summed E-state index contributed by atoms with van der Waals surface area (Å²) in [6.45, 7) is 0. The first kappa shape index (κ1) is 21.9. The Labute approximate surface area is 190 Å². The van der Waals surface area contributed by atoms with Gasteiger partial charge in [0.2, 0.25) is 0 Å². The summed E-state index contributed by atoms with van der Waals surface area (Å²) in [5.74, 6) is -0.233. The molecule has 0 saturated heterocycles. The molecule has 3 aromatic carbocycles. The zero-order chi connectivity index (χ0) is 23.5. The van der Waals surface area contributed by atoms with Crippen molar-refractivity contribution in [2.45, 2.75) is 0 Å². The number of halogens is 1. The van der Waals surface area contributed by atoms with E-state index in [2.05, 4.69) is 5.32 Å². The van der Waals surface area contributed by atoms with Gasteiger partial charge in [-0.1, -0.05) is 12.1 Å². The van der Waals surface area contributed by atoms with Crippen molar-refractivity contribution in [1.82, 2.24) is 0 Å². The summed E-state index contributed by atoms with van der Waals surface area (Å²) in [5, 5.41) is 3.05. The van der Waals surface area contributed by atoms with Crippen molar-refractivity contribution in [2.75, 3.05) is 31.5 Å². The second-order valence-corrected chi connectivity index (χ2v) is 7.10. The normalized spacial score (nSPS) is 13.4. The van der Waals surface area contributed by atoms with Gasteiger partial charge in [0.05, 0.1) is 32.6 Å². The summed E-state index contributed by atoms with van der Waals surface area (Å²) in [5.41, 5.74) is 1.34. The van der Waals surface area contributed by atoms with Crippen LogP contribution in [0.15, 0.2) is 72.4 Å². The Morgan fingerprint density at radius 1 is 0.788 bits per heavy atom. The Morgan fingerprint density at radius 2 is 1.52 bits per heavy atom. The SMILES string of the molecule is COc1ccc(NC2=C(c3ccc(OC)c(OC)c3)C(=O)N(c3cccc(F)c3)C2=O)cc1. The number of imide groups is 1. The minimum Gasteiger partial charge on any atom is -0.497 e. The molecule has 1 aliphatic rings. The Bertz CT molecular complexity index is 1250. The van der Waals surface area contributed by atoms with Gasteiger partial charge >= 0.3 is 0 Å². The molecule has 0 saturated carbocycles. The van der Waals surface area contributed by atoms with Gasteiger partial charge in [0.1, 0.15) is 17.3 Å². The molecule has 2 amide bonds. The Balaban J connectivity index is 1.83. The molecule has 0 unspecified atom stereocenters. The van der Waals surface area contributed by atoms with Gasteiger partial charge in [0.25, 0.3) is 11.8 Å². The predicted molar refractivity (Wildman–Crippen MR) is 122 cm³/mol. The van der Waals surface area contributed by atoms with E-state index in [9.17, 15) is 14.0 Å². The van der Waals surface area contributed by atoms with Gasteiger partial charge < -0.3 is 19.5 Å². The lowest BCUT2D eigenvalue weighted by atomic mass is 10.0. The van der Waals surface area contributed by atoms with Crippen LogP contribution in [0.4, 0.5) is 15.8 Å². The highest BCUT2D eigenvalue weighted by Gasteiger charge is 2.40. The summed E-state index contributed by atoms with van der Waals surface area (Å²) in [4.78, 5) is 27.8. The second kappa shape index (κ2) is 9.04. The molecule has 8 heteroatoms. The number of rotatable bonds is 7. The molecular weight excluding hydrogens is 427 g/mol. The number of nitrogens with zero attached hydrogens (tertiary/aromatic N) is 1. The van der Waals surface area contributed by atoms with Crippen LogP contribution in [-0.2, 0) is 9.59 Å². The monoisotopic (exact) mass is 448 g/mol. The van der Waals surface area contributed by atoms with Crippen molar-refractivity contribution in [2.24, 2.45) is 0 Å². The third kappa shape index (κ3) is 4.10. The smallest absolute Gasteiger partial charge is 0.282 e. The van der Waals surface area contributed by atoms with Crippen molar-refractivity contribution < 1.29 is 28.2 Å². The van der Waals surface area contributed by atoms with Gasteiger partial charge in [0, 0.05) is 5.69 Å². The molecule has 168 valence electrons. The highest BCUT2D eigenvalue weighted by Crippen LogP contribution is 2.37. The average molecular weight is 448 g/mol. The first-order valence-corrected chi connectivity index (χ1v) is 9.99. The van der Waals surface area contributed by atoms with Crippen LogP contribution >= 0.6 is 0 Å². The van der Waals surface area contributed by atoms with E-state index in [1.54, 1.807) is 49.6 Å². The molecule has 0 fully saturated rings. The molecule has 0 spiro atoms. The highest BCUT2D eigenvalue weighted by molar-refractivity contribution is 6.46. The molecular formula is C25H21FN2O5. The molecule has 4 rings (SSSR count). The number of carbonyl (C=O) groups excluding carboxylic acids is 2. The third-order valence-electron chi connectivity index (χ3n) is 5.18. The minimum absolute atomic E-state index is 0.0571. The number of nitrogens with one attached hydrogen (secondary N) is 1. The number of anilines is 2. The number of benzene rings is 3. The molecule has 0 aliphatic carbocycles. The lowest BCUT2D eigenvalue weighted by Gasteiger charge is -2.15. The maximum atomic E-state index is 13.9. The molecule has 0 bridgehead atoms. The topological polar surface area (TPSA) is 77.1 Å². The third-order valence-corrected chi connectivity index (χ3v) is 5.18. The van der Waals surface area contributed by atoms with E-state index in [-0.39, 0.29) is 17.0 Å². The quantitative estimate of drug-likeness (QED) is 0.545. The maximum absolute atomic E-state index is 13.9. The lowest BCUT2D eigenvalue weighted by Crippen LogP contribution is -2.32. The van der Waals surface area contributed by atoms with E-state index in [4.69, 9.17) is 14.2 Å². The molecule has 1 N–H and O–H groups in total. The highest BCUT2D eigenvalue weighted by atomic mass is 19.1. The van der Waals surface area contributed by atoms with Gasteiger partial charge in [-0.15, -0.1) is 0 Å². The van der Waals surface area contributed by atoms with Crippen LogP contribution in [-0.4, -0.2) is 33.1 Å². The van der Waals surface area contributed by atoms with Crippen LogP contribution < -0.4 is 24.4 Å². The summed E-state index contributed by atoms with van der Waals surface area (Å²) in [7, 11) is 4.53. The van der Waals surface area contributed by atoms with Crippen molar-refractivity contribution in [3.05, 3.63) is 83.8 Å². The lowest BCUT2D eigenvalue weighted by molar-refractivity contribution is -0.120. The number of methoxy groups -OCH3 is 3. The summed E-state index contributed by atoms with van der Waals surface area (Å²) in [6, 6.07) is 17.1. The molecule has 1 heterocycles. The van der Waals surface area contributed by atoms with Crippen LogP contribution in [0, 0.1) is 5.82 Å². The van der Waals surface area contributed by atoms with E-state index in [0.29, 0.717) is 28.5 Å². The van der Waals surface area contributed by atoms with Crippen molar-refractivity contribution >= 4 is 28.8 Å². The van der Waals surface area contributed by atoms with Crippen molar-refractivity contribution in [1.29, 1.82) is 0 Å². The number of carbonyl (C=O) groups is 2. The molecule has 0 radical (unpaired) electrons. The fourth-order valence-corrected chi connectivity index (χ4v) is 3.57. The van der Waals surface area contributed by atoms with Gasteiger partial charge in [-0.05, 0) is 60.2 Å². The summed E-state index contributed by atoms with van der Waals surface area (Å²) < 4.78 is 29.7. The van der Waals surface area contributed by atoms with E-state index in [0.717, 1.165) is 11.0 Å². The van der Waals surface area contributed by atoms with Gasteiger partial charge in [-0.2, -0.15) is 0 Å². The van der Waals surface area contributed by atoms with Crippen molar-refractivity contribution in [3.63, 3.8) is 0 Å². The second-order valence-electron chi connectivity index (χ2n) is 7.10. The van der Waals surface area contributed by atoms with Crippen LogP contribution in [0.3, 0.4) is 0 Å². The minimum atomic E-state index is -0.605. The maximum Gasteiger partial charge on any atom is 0.282 e. The van der Waals surface area contributed by atoms with Crippen LogP contribution in [0.1, 0.15) is 5.56 Å². The molecule has 1 aliphatic heterocycles. The number of hydrogen-bond donors (Lipinski definition) is 1. The standard InChI is InChI=1S/C25H21FN2O5/c1-31-19-10-8-17(9-11-19)27-23-22(15-7-12-20(32-2)21(13-15)33-3)24(29)28(25(23)30)18-6-4-5-16(26)14-18/h4-14,27H,1-3H3. The van der Waals surface area contributed by atoms with Crippen LogP contribution in [0.5, 0.6) is 17.2 Å². The first-order chi connectivity index (χ1) is 16.0. The van der Waals surface area contributed by atoms with Gasteiger partial charge in [0.15, 0.2) is 11.5 Å². The average Bonchev–Trinajstić information content (AvgIpc) is 3.08. The Morgan fingerprint density at radius 3 is 2.15 bits per heavy atom. The molecule has 7 nitrogen and oxygen atoms in total. The van der Waals surface area contributed by atoms with Crippen LogP contribution in [0.25, 0.3) is 5.57 Å². The molecule has 33 heavy (non-hydrogen) atoms. The Hall–Kier alpha value is -4.33. The van der Waals surface area contributed by atoms with E-state index >= 15 is 0 Å². The fourth-order valence-electron chi connectivity index (χ4n) is 3.57. The summed E-state index contributed by atoms with van der Waals surface area (Å²) >= 11 is 0. The van der Waals surface area contributed by atoms with E-state index < -0.39 is 17.6 Å². The Kier molecular flexibility index (Phi) is 5.99. The van der Waals surface area contributed by atoms with Gasteiger partial charge in [-0.3, -0.25) is 9.59 Å². The number of amides is 2. The van der Waals surface area contributed by atoms with E-state index in [1.165, 1.54) is 32.4 Å². The zero-order valence-corrected chi connectivity index (χ0v) is 18.2. The first-order valence-electron chi connectivity index (χ1n) is 9.99. The van der Waals surface area contributed by atoms with Crippen LogP contribution in [0.2, 0.25) is 0 Å². The van der Waals surface area contributed by atoms with Gasteiger partial charge in [-0.25, -0.2) is 9.29 Å². The number of hydrogen-bond acceptors (Lipinski definition) is 6. The van der Waals surface area contributed by atoms with E-state index in [1.807, 2.05) is 0 Å². The van der Waals surface area contributed by atoms with Crippen molar-refractivity contribution in [3.8, 4) is 17.2 Å². The molecule has 0 atom stereocenters. The summed E-state index contributed by atoms with van der Waals surface area (Å²) in [6.07, 6.45) is 0. The number of ether oxygens (including phenoxy) is 3. The zero-order valence-electron chi connectivity index (χ0n) is 18.2. The molecule has 0 aromatic heterocycles. The fraction of sp³-hybridized carbons (Fsp3) is 0.120. The largest absolute Gasteiger partial charge is 0.497 e.